The summed E-state index contributed by atoms with van der Waals surface area (Å²) in [5.41, 5.74) is 8.73. The molecule has 0 radical (unpaired) electrons. The normalized spacial score (nSPS) is 8.93. The summed E-state index contributed by atoms with van der Waals surface area (Å²) < 4.78 is 0. The highest BCUT2D eigenvalue weighted by Gasteiger charge is 2.01. The first-order valence-electron chi connectivity index (χ1n) is 3.79. The Bertz CT molecular complexity index is 410. The average Bonchev–Trinajstić information content (AvgIpc) is 2.10. The van der Waals surface area contributed by atoms with Crippen molar-refractivity contribution in [3.63, 3.8) is 0 Å². The Morgan fingerprint density at radius 2 is 2.36 bits per heavy atom. The molecule has 1 amide bonds. The largest absolute Gasteiger partial charge is 0.507 e. The van der Waals surface area contributed by atoms with Crippen LogP contribution in [0.4, 0.5) is 11.4 Å². The number of aromatic hydroxyl groups is 1. The van der Waals surface area contributed by atoms with Crippen LogP contribution in [0.3, 0.4) is 0 Å². The lowest BCUT2D eigenvalue weighted by molar-refractivity contribution is -0.114. The Kier molecular flexibility index (Phi) is 2.93. The minimum Gasteiger partial charge on any atom is -0.507 e. The highest BCUT2D eigenvalue weighted by atomic mass is 16.3. The van der Waals surface area contributed by atoms with Crippen molar-refractivity contribution in [2.45, 2.75) is 6.92 Å². The van der Waals surface area contributed by atoms with E-state index in [0.29, 0.717) is 5.69 Å². The van der Waals surface area contributed by atoms with Crippen molar-refractivity contribution in [1.82, 2.24) is 0 Å². The molecule has 0 aliphatic carbocycles. The van der Waals surface area contributed by atoms with Gasteiger partial charge in [0.05, 0.1) is 5.69 Å². The zero-order valence-corrected chi connectivity index (χ0v) is 7.43. The molecular formula is C8H8N4O2. The van der Waals surface area contributed by atoms with Crippen molar-refractivity contribution in [3.8, 4) is 5.75 Å². The number of anilines is 1. The number of amides is 1. The predicted octanol–water partition coefficient (Wildman–Crippen LogP) is 2.29. The minimum atomic E-state index is -0.234. The van der Waals surface area contributed by atoms with Gasteiger partial charge >= 0.3 is 0 Å². The second kappa shape index (κ2) is 4.15. The SMILES string of the molecule is CC(=O)Nc1ccc(O)c(N=[N+]=[N-])c1. The number of rotatable bonds is 2. The molecule has 0 aliphatic heterocycles. The molecule has 1 rings (SSSR count). The third-order valence-corrected chi connectivity index (χ3v) is 1.45. The standard InChI is InChI=1S/C8H8N4O2/c1-5(13)10-6-2-3-8(14)7(4-6)11-12-9/h2-4,14H,1H3,(H,10,13). The van der Waals surface area contributed by atoms with Crippen LogP contribution >= 0.6 is 0 Å². The molecule has 14 heavy (non-hydrogen) atoms. The summed E-state index contributed by atoms with van der Waals surface area (Å²) >= 11 is 0. The van der Waals surface area contributed by atoms with Crippen molar-refractivity contribution in [1.29, 1.82) is 0 Å². The molecule has 1 aromatic carbocycles. The van der Waals surface area contributed by atoms with E-state index >= 15 is 0 Å². The molecule has 0 spiro atoms. The first-order valence-corrected chi connectivity index (χ1v) is 3.79. The topological polar surface area (TPSA) is 98.1 Å². The molecular weight excluding hydrogens is 184 g/mol. The maximum absolute atomic E-state index is 10.7. The maximum atomic E-state index is 10.7. The monoisotopic (exact) mass is 192 g/mol. The van der Waals surface area contributed by atoms with Crippen LogP contribution in [-0.2, 0) is 4.79 Å². The number of carbonyl (C=O) groups excluding carboxylic acids is 1. The molecule has 0 fully saturated rings. The number of phenols is 1. The van der Waals surface area contributed by atoms with Gasteiger partial charge in [-0.1, -0.05) is 5.11 Å². The summed E-state index contributed by atoms with van der Waals surface area (Å²) in [6, 6.07) is 4.23. The lowest BCUT2D eigenvalue weighted by Crippen LogP contribution is -2.05. The predicted molar refractivity (Wildman–Crippen MR) is 51.2 cm³/mol. The number of hydrogen-bond acceptors (Lipinski definition) is 3. The Morgan fingerprint density at radius 1 is 1.64 bits per heavy atom. The fourth-order valence-electron chi connectivity index (χ4n) is 0.933. The van der Waals surface area contributed by atoms with Crippen molar-refractivity contribution in [2.75, 3.05) is 5.32 Å². The highest BCUT2D eigenvalue weighted by Crippen LogP contribution is 2.29. The molecule has 0 unspecified atom stereocenters. The lowest BCUT2D eigenvalue weighted by atomic mass is 10.2. The first kappa shape index (κ1) is 9.88. The quantitative estimate of drug-likeness (QED) is 0.325. The Morgan fingerprint density at radius 3 is 2.93 bits per heavy atom. The van der Waals surface area contributed by atoms with E-state index in [9.17, 15) is 9.90 Å². The van der Waals surface area contributed by atoms with Crippen LogP contribution in [0.25, 0.3) is 10.4 Å². The van der Waals surface area contributed by atoms with Crippen LogP contribution in [0.1, 0.15) is 6.92 Å². The van der Waals surface area contributed by atoms with Gasteiger partial charge in [-0.25, -0.2) is 0 Å². The van der Waals surface area contributed by atoms with Gasteiger partial charge in [0.25, 0.3) is 0 Å². The van der Waals surface area contributed by atoms with Gasteiger partial charge in [0.15, 0.2) is 0 Å². The molecule has 1 aromatic rings. The maximum Gasteiger partial charge on any atom is 0.221 e. The molecule has 0 atom stereocenters. The number of azide groups is 1. The first-order chi connectivity index (χ1) is 6.63. The van der Waals surface area contributed by atoms with E-state index in [0.717, 1.165) is 0 Å². The van der Waals surface area contributed by atoms with E-state index in [4.69, 9.17) is 5.53 Å². The smallest absolute Gasteiger partial charge is 0.221 e. The number of nitrogens with one attached hydrogen (secondary N) is 1. The molecule has 72 valence electrons. The van der Waals surface area contributed by atoms with Crippen LogP contribution in [0.5, 0.6) is 5.75 Å². The van der Waals surface area contributed by atoms with E-state index in [-0.39, 0.29) is 17.3 Å². The van der Waals surface area contributed by atoms with Gasteiger partial charge in [-0.05, 0) is 23.7 Å². The summed E-state index contributed by atoms with van der Waals surface area (Å²) in [6.07, 6.45) is 0. The number of hydrogen-bond donors (Lipinski definition) is 2. The number of benzene rings is 1. The van der Waals surface area contributed by atoms with Gasteiger partial charge in [-0.15, -0.1) is 0 Å². The van der Waals surface area contributed by atoms with Gasteiger partial charge in [-0.3, -0.25) is 4.79 Å². The molecule has 2 N–H and O–H groups in total. The zero-order valence-electron chi connectivity index (χ0n) is 7.43. The van der Waals surface area contributed by atoms with Crippen molar-refractivity contribution in [3.05, 3.63) is 28.6 Å². The van der Waals surface area contributed by atoms with Crippen LogP contribution < -0.4 is 5.32 Å². The van der Waals surface area contributed by atoms with Gasteiger partial charge < -0.3 is 10.4 Å². The fraction of sp³-hybridized carbons (Fsp3) is 0.125. The minimum absolute atomic E-state index is 0.0822. The molecule has 0 saturated carbocycles. The third-order valence-electron chi connectivity index (χ3n) is 1.45. The third kappa shape index (κ3) is 2.40. The molecule has 0 heterocycles. The van der Waals surface area contributed by atoms with Crippen LogP contribution in [-0.4, -0.2) is 11.0 Å². The van der Waals surface area contributed by atoms with Gasteiger partial charge in [-0.2, -0.15) is 0 Å². The zero-order chi connectivity index (χ0) is 10.6. The van der Waals surface area contributed by atoms with Crippen LogP contribution in [0.2, 0.25) is 0 Å². The Balaban J connectivity index is 3.05. The van der Waals surface area contributed by atoms with E-state index < -0.39 is 0 Å². The highest BCUT2D eigenvalue weighted by molar-refractivity contribution is 5.89. The summed E-state index contributed by atoms with van der Waals surface area (Å²) in [7, 11) is 0. The summed E-state index contributed by atoms with van der Waals surface area (Å²) in [6.45, 7) is 1.36. The number of phenolic OH excluding ortho intramolecular Hbond substituents is 1. The van der Waals surface area contributed by atoms with Gasteiger partial charge in [0, 0.05) is 17.5 Å². The van der Waals surface area contributed by atoms with Crippen LogP contribution in [0, 0.1) is 0 Å². The Hall–Kier alpha value is -2.20. The lowest BCUT2D eigenvalue weighted by Gasteiger charge is -2.03. The second-order valence-electron chi connectivity index (χ2n) is 2.57. The summed E-state index contributed by atoms with van der Waals surface area (Å²) in [4.78, 5) is 13.2. The van der Waals surface area contributed by atoms with Gasteiger partial charge in [0.1, 0.15) is 5.75 Å². The molecule has 0 aromatic heterocycles. The summed E-state index contributed by atoms with van der Waals surface area (Å²) in [5.74, 6) is -0.362. The van der Waals surface area contributed by atoms with E-state index in [1.807, 2.05) is 0 Å². The molecule has 6 heteroatoms. The average molecular weight is 192 g/mol. The molecule has 0 aliphatic rings. The Labute approximate surface area is 79.8 Å². The van der Waals surface area contributed by atoms with E-state index in [1.54, 1.807) is 0 Å². The number of nitrogens with zero attached hydrogens (tertiary/aromatic N) is 3. The number of carbonyl (C=O) groups is 1. The molecule has 0 saturated heterocycles. The van der Waals surface area contributed by atoms with Crippen molar-refractivity contribution < 1.29 is 9.90 Å². The van der Waals surface area contributed by atoms with Crippen molar-refractivity contribution in [2.24, 2.45) is 5.11 Å². The summed E-state index contributed by atoms with van der Waals surface area (Å²) in [5, 5.41) is 15.0. The van der Waals surface area contributed by atoms with E-state index in [1.165, 1.54) is 25.1 Å². The van der Waals surface area contributed by atoms with Gasteiger partial charge in [0.2, 0.25) is 5.91 Å². The van der Waals surface area contributed by atoms with Crippen LogP contribution in [0.15, 0.2) is 23.3 Å². The molecule has 0 bridgehead atoms. The molecule has 6 nitrogen and oxygen atoms in total. The fourth-order valence-corrected chi connectivity index (χ4v) is 0.933. The van der Waals surface area contributed by atoms with E-state index in [2.05, 4.69) is 15.3 Å². The van der Waals surface area contributed by atoms with Crippen molar-refractivity contribution >= 4 is 17.3 Å². The second-order valence-corrected chi connectivity index (χ2v) is 2.57.